The molecule has 5 heavy (non-hydrogen) atoms. The molecule has 0 atom stereocenters. The molecule has 2 radical (unpaired) electrons. The van der Waals surface area contributed by atoms with Crippen LogP contribution in [0.15, 0.2) is 0 Å². The Morgan fingerprint density at radius 1 is 0.600 bits per heavy atom. The van der Waals surface area contributed by atoms with E-state index in [1.807, 2.05) is 0 Å². The molecule has 0 heterocycles. The maximum atomic E-state index is 0. The van der Waals surface area contributed by atoms with Gasteiger partial charge in [-0.05, 0) is 0 Å². The number of hydrogen-bond acceptors (Lipinski definition) is 0. The fourth-order valence-electron chi connectivity index (χ4n) is 0. The van der Waals surface area contributed by atoms with E-state index in [9.17, 15) is 0 Å². The van der Waals surface area contributed by atoms with Crippen molar-refractivity contribution < 1.29 is 74.3 Å². The summed E-state index contributed by atoms with van der Waals surface area (Å²) in [6, 6.07) is 0. The number of rotatable bonds is 0. The third kappa shape index (κ3) is 26.4. The van der Waals surface area contributed by atoms with Crippen LogP contribution in [0, 0.1) is 40.8 Å². The van der Waals surface area contributed by atoms with E-state index in [1.165, 1.54) is 0 Å². The Kier molecular flexibility index (Phi) is 617. The average Bonchev–Trinajstić information content (AvgIpc) is 0. The normalized spacial score (nSPS) is 0. The molecule has 0 aromatic rings. The molecule has 0 fully saturated rings. The van der Waals surface area contributed by atoms with Crippen molar-refractivity contribution in [3.8, 4) is 0 Å². The Hall–Kier alpha value is 1.75. The van der Waals surface area contributed by atoms with Crippen molar-refractivity contribution in [2.45, 2.75) is 0 Å². The summed E-state index contributed by atoms with van der Waals surface area (Å²) in [5, 5.41) is 0. The summed E-state index contributed by atoms with van der Waals surface area (Å²) >= 11 is 0. The molecule has 30 valence electrons. The molecule has 5 heteroatoms. The zero-order valence-corrected chi connectivity index (χ0v) is 6.39. The molecule has 0 N–H and O–H groups in total. The Labute approximate surface area is 73.4 Å². The predicted octanol–water partition coefficient (Wildman–Crippen LogP) is -0.359. The SMILES string of the molecule is [Fe+3].[Nd+3].[O-2].[O-2].[O-2]. The first-order valence-corrected chi connectivity index (χ1v) is 0. The van der Waals surface area contributed by atoms with Gasteiger partial charge in [0.2, 0.25) is 0 Å². The molecule has 0 unspecified atom stereocenters. The van der Waals surface area contributed by atoms with Gasteiger partial charge in [0.25, 0.3) is 0 Å². The van der Waals surface area contributed by atoms with Crippen LogP contribution in [0.5, 0.6) is 0 Å². The van der Waals surface area contributed by atoms with Gasteiger partial charge in [0.05, 0.1) is 0 Å². The van der Waals surface area contributed by atoms with Crippen LogP contribution in [-0.4, -0.2) is 0 Å². The van der Waals surface area contributed by atoms with Crippen molar-refractivity contribution >= 4 is 0 Å². The van der Waals surface area contributed by atoms with E-state index in [0.29, 0.717) is 0 Å². The molecular formula is FeNdO3. The first kappa shape index (κ1) is 72.9. The molecule has 0 amide bonds. The molecule has 0 aliphatic heterocycles. The third-order valence-corrected chi connectivity index (χ3v) is 0. The van der Waals surface area contributed by atoms with Crippen LogP contribution in [0.1, 0.15) is 0 Å². The monoisotopic (exact) mass is 246 g/mol. The van der Waals surface area contributed by atoms with Crippen LogP contribution in [0.4, 0.5) is 0 Å². The molecule has 0 bridgehead atoms. The smallest absolute Gasteiger partial charge is 2.00 e. The Balaban J connectivity index is 0. The van der Waals surface area contributed by atoms with Gasteiger partial charge in [-0.3, -0.25) is 0 Å². The fourth-order valence-corrected chi connectivity index (χ4v) is 0. The van der Waals surface area contributed by atoms with E-state index in [0.717, 1.165) is 0 Å². The van der Waals surface area contributed by atoms with Crippen LogP contribution in [-0.2, 0) is 33.5 Å². The quantitative estimate of drug-likeness (QED) is 0.524. The molecule has 3 nitrogen and oxygen atoms in total. The topological polar surface area (TPSA) is 85.5 Å². The molecule has 0 aliphatic rings. The van der Waals surface area contributed by atoms with Crippen LogP contribution < -0.4 is 0 Å². The summed E-state index contributed by atoms with van der Waals surface area (Å²) in [6.07, 6.45) is 0. The zero-order valence-electron chi connectivity index (χ0n) is 2.08. The van der Waals surface area contributed by atoms with Crippen molar-refractivity contribution in [1.29, 1.82) is 0 Å². The second-order valence-corrected chi connectivity index (χ2v) is 0. The first-order chi connectivity index (χ1) is 0. The summed E-state index contributed by atoms with van der Waals surface area (Å²) < 4.78 is 0. The maximum absolute atomic E-state index is 0. The summed E-state index contributed by atoms with van der Waals surface area (Å²) in [4.78, 5) is 0. The minimum atomic E-state index is 0. The van der Waals surface area contributed by atoms with Crippen LogP contribution in [0.2, 0.25) is 0 Å². The zero-order chi connectivity index (χ0) is 0. The second kappa shape index (κ2) is 42.4. The van der Waals surface area contributed by atoms with Gasteiger partial charge in [0.15, 0.2) is 0 Å². The molecule has 0 spiro atoms. The van der Waals surface area contributed by atoms with E-state index in [2.05, 4.69) is 0 Å². The summed E-state index contributed by atoms with van der Waals surface area (Å²) in [5.41, 5.74) is 0. The van der Waals surface area contributed by atoms with Gasteiger partial charge < -0.3 is 16.4 Å². The van der Waals surface area contributed by atoms with Crippen molar-refractivity contribution in [2.24, 2.45) is 0 Å². The van der Waals surface area contributed by atoms with Gasteiger partial charge in [0, 0.05) is 0 Å². The summed E-state index contributed by atoms with van der Waals surface area (Å²) in [6.45, 7) is 0. The van der Waals surface area contributed by atoms with Gasteiger partial charge in [-0.25, -0.2) is 0 Å². The van der Waals surface area contributed by atoms with Crippen molar-refractivity contribution in [2.75, 3.05) is 0 Å². The Morgan fingerprint density at radius 2 is 0.600 bits per heavy atom. The van der Waals surface area contributed by atoms with Gasteiger partial charge in [0.1, 0.15) is 0 Å². The van der Waals surface area contributed by atoms with E-state index in [-0.39, 0.29) is 74.3 Å². The van der Waals surface area contributed by atoms with Crippen molar-refractivity contribution in [3.05, 3.63) is 0 Å². The van der Waals surface area contributed by atoms with Gasteiger partial charge >= 0.3 is 57.9 Å². The van der Waals surface area contributed by atoms with E-state index >= 15 is 0 Å². The predicted molar refractivity (Wildman–Crippen MR) is 2.06 cm³/mol. The van der Waals surface area contributed by atoms with Crippen LogP contribution in [0.25, 0.3) is 0 Å². The minimum absolute atomic E-state index is 0. The molecule has 0 aromatic heterocycles. The van der Waals surface area contributed by atoms with Crippen molar-refractivity contribution in [1.82, 2.24) is 0 Å². The second-order valence-electron chi connectivity index (χ2n) is 0. The van der Waals surface area contributed by atoms with Crippen LogP contribution in [0.3, 0.4) is 0 Å². The third-order valence-electron chi connectivity index (χ3n) is 0. The van der Waals surface area contributed by atoms with Crippen LogP contribution >= 0.6 is 0 Å². The standard InChI is InChI=1S/Fe.Nd.3O/q2*+3;3*-2. The van der Waals surface area contributed by atoms with Gasteiger partial charge in [-0.2, -0.15) is 0 Å². The van der Waals surface area contributed by atoms with Gasteiger partial charge in [-0.15, -0.1) is 0 Å². The molecule has 0 aliphatic carbocycles. The van der Waals surface area contributed by atoms with E-state index in [1.54, 1.807) is 0 Å². The minimum Gasteiger partial charge on any atom is -2.00 e. The Morgan fingerprint density at radius 3 is 0.600 bits per heavy atom. The van der Waals surface area contributed by atoms with Crippen molar-refractivity contribution in [3.63, 3.8) is 0 Å². The number of hydrogen-bond donors (Lipinski definition) is 0. The fraction of sp³-hybridized carbons (Fsp3) is 0. The summed E-state index contributed by atoms with van der Waals surface area (Å²) in [5.74, 6) is 0. The average molecular weight is 248 g/mol. The summed E-state index contributed by atoms with van der Waals surface area (Å²) in [7, 11) is 0. The van der Waals surface area contributed by atoms with E-state index in [4.69, 9.17) is 0 Å². The largest absolute Gasteiger partial charge is 3.00 e. The van der Waals surface area contributed by atoms with Gasteiger partial charge in [-0.1, -0.05) is 0 Å². The Bertz CT molecular complexity index is 6.85. The molecule has 0 saturated carbocycles. The molecule has 0 rings (SSSR count). The maximum Gasteiger partial charge on any atom is 3.00 e. The molecular weight excluding hydrogens is 248 g/mol. The molecule has 0 saturated heterocycles. The molecule has 0 aromatic carbocycles. The van der Waals surface area contributed by atoms with E-state index < -0.39 is 0 Å². The first-order valence-electron chi connectivity index (χ1n) is 0.